The second-order valence-corrected chi connectivity index (χ2v) is 5.22. The van der Waals surface area contributed by atoms with E-state index in [-0.39, 0.29) is 0 Å². The van der Waals surface area contributed by atoms with Crippen molar-refractivity contribution in [3.8, 4) is 0 Å². The van der Waals surface area contributed by atoms with Gasteiger partial charge in [-0.25, -0.2) is 0 Å². The van der Waals surface area contributed by atoms with Gasteiger partial charge in [0.15, 0.2) is 0 Å². The molecule has 0 aliphatic rings. The van der Waals surface area contributed by atoms with Crippen molar-refractivity contribution in [3.63, 3.8) is 0 Å². The van der Waals surface area contributed by atoms with Crippen LogP contribution >= 0.6 is 0 Å². The third-order valence-electron chi connectivity index (χ3n) is 3.24. The number of hydrogen-bond donors (Lipinski definition) is 0. The van der Waals surface area contributed by atoms with Crippen molar-refractivity contribution < 1.29 is 0 Å². The molecule has 1 atom stereocenters. The van der Waals surface area contributed by atoms with E-state index in [9.17, 15) is 0 Å². The molecule has 0 bridgehead atoms. The van der Waals surface area contributed by atoms with Gasteiger partial charge in [-0.2, -0.15) is 0 Å². The topological polar surface area (TPSA) is 0 Å². The van der Waals surface area contributed by atoms with E-state index in [4.69, 9.17) is 0 Å². The van der Waals surface area contributed by atoms with Gasteiger partial charge in [0.05, 0.1) is 0 Å². The van der Waals surface area contributed by atoms with Crippen LogP contribution in [0.4, 0.5) is 0 Å². The molecule has 0 aromatic rings. The van der Waals surface area contributed by atoms with Gasteiger partial charge < -0.3 is 0 Å². The standard InChI is InChI=1S/C15H28/c1-8-9-10-14(11(2)3)15(12(4)5)13(6)7/h11,14-15H,4,6,8-10H2,1-3,5,7H3. The van der Waals surface area contributed by atoms with Crippen LogP contribution in [0.5, 0.6) is 0 Å². The molecule has 0 saturated heterocycles. The van der Waals surface area contributed by atoms with Crippen molar-refractivity contribution in [2.75, 3.05) is 0 Å². The Balaban J connectivity index is 4.68. The summed E-state index contributed by atoms with van der Waals surface area (Å²) in [5, 5.41) is 0. The molecule has 0 spiro atoms. The molecule has 0 nitrogen and oxygen atoms in total. The third kappa shape index (κ3) is 4.68. The second kappa shape index (κ2) is 6.87. The molecule has 0 rings (SSSR count). The lowest BCUT2D eigenvalue weighted by molar-refractivity contribution is 0.287. The van der Waals surface area contributed by atoms with Gasteiger partial charge in [-0.3, -0.25) is 0 Å². The number of unbranched alkanes of at least 4 members (excludes halogenated alkanes) is 1. The summed E-state index contributed by atoms with van der Waals surface area (Å²) in [6.45, 7) is 19.4. The fourth-order valence-corrected chi connectivity index (χ4v) is 2.48. The highest BCUT2D eigenvalue weighted by molar-refractivity contribution is 5.14. The van der Waals surface area contributed by atoms with Gasteiger partial charge in [-0.1, -0.05) is 57.9 Å². The van der Waals surface area contributed by atoms with E-state index >= 15 is 0 Å². The van der Waals surface area contributed by atoms with Crippen LogP contribution in [-0.4, -0.2) is 0 Å². The summed E-state index contributed by atoms with van der Waals surface area (Å²) < 4.78 is 0. The Morgan fingerprint density at radius 3 is 1.80 bits per heavy atom. The van der Waals surface area contributed by atoms with Crippen molar-refractivity contribution >= 4 is 0 Å². The summed E-state index contributed by atoms with van der Waals surface area (Å²) in [4.78, 5) is 0. The predicted molar refractivity (Wildman–Crippen MR) is 71.0 cm³/mol. The van der Waals surface area contributed by atoms with E-state index in [0.29, 0.717) is 5.92 Å². The first-order valence-electron chi connectivity index (χ1n) is 6.22. The van der Waals surface area contributed by atoms with Crippen LogP contribution in [0.25, 0.3) is 0 Å². The van der Waals surface area contributed by atoms with Crippen LogP contribution in [-0.2, 0) is 0 Å². The molecular weight excluding hydrogens is 180 g/mol. The molecule has 0 N–H and O–H groups in total. The Bertz CT molecular complexity index is 196. The van der Waals surface area contributed by atoms with Crippen LogP contribution in [0.15, 0.2) is 24.3 Å². The molecule has 0 radical (unpaired) electrons. The number of rotatable bonds is 7. The van der Waals surface area contributed by atoms with Crippen LogP contribution in [0.2, 0.25) is 0 Å². The van der Waals surface area contributed by atoms with Crippen molar-refractivity contribution in [1.29, 1.82) is 0 Å². The van der Waals surface area contributed by atoms with Crippen LogP contribution in [0, 0.1) is 17.8 Å². The van der Waals surface area contributed by atoms with Gasteiger partial charge in [-0.15, -0.1) is 0 Å². The van der Waals surface area contributed by atoms with Crippen LogP contribution in [0.3, 0.4) is 0 Å². The van der Waals surface area contributed by atoms with E-state index in [0.717, 1.165) is 11.8 Å². The smallest absolute Gasteiger partial charge is 0.00267 e. The van der Waals surface area contributed by atoms with Crippen molar-refractivity contribution in [3.05, 3.63) is 24.3 Å². The Morgan fingerprint density at radius 2 is 1.53 bits per heavy atom. The highest BCUT2D eigenvalue weighted by Crippen LogP contribution is 2.34. The predicted octanol–water partition coefficient (Wildman–Crippen LogP) is 5.22. The maximum atomic E-state index is 4.13. The lowest BCUT2D eigenvalue weighted by Gasteiger charge is -2.31. The van der Waals surface area contributed by atoms with E-state index in [1.165, 1.54) is 30.4 Å². The molecule has 0 aromatic carbocycles. The van der Waals surface area contributed by atoms with Gasteiger partial charge in [0.1, 0.15) is 0 Å². The summed E-state index contributed by atoms with van der Waals surface area (Å²) in [6, 6.07) is 0. The van der Waals surface area contributed by atoms with Crippen LogP contribution < -0.4 is 0 Å². The van der Waals surface area contributed by atoms with Crippen LogP contribution in [0.1, 0.15) is 53.9 Å². The fourth-order valence-electron chi connectivity index (χ4n) is 2.48. The molecule has 0 aromatic heterocycles. The zero-order valence-electron chi connectivity index (χ0n) is 11.3. The molecular formula is C15H28. The normalized spacial score (nSPS) is 13.3. The average Bonchev–Trinajstić information content (AvgIpc) is 2.09. The van der Waals surface area contributed by atoms with Crippen molar-refractivity contribution in [1.82, 2.24) is 0 Å². The highest BCUT2D eigenvalue weighted by atomic mass is 14.3. The zero-order chi connectivity index (χ0) is 12.0. The molecule has 0 aliphatic heterocycles. The first-order valence-corrected chi connectivity index (χ1v) is 6.22. The quantitative estimate of drug-likeness (QED) is 0.503. The molecule has 0 fully saturated rings. The Morgan fingerprint density at radius 1 is 1.07 bits per heavy atom. The largest absolute Gasteiger partial charge is 0.0995 e. The lowest BCUT2D eigenvalue weighted by Crippen LogP contribution is -2.22. The summed E-state index contributed by atoms with van der Waals surface area (Å²) in [7, 11) is 0. The van der Waals surface area contributed by atoms with Gasteiger partial charge in [0, 0.05) is 5.92 Å². The minimum atomic E-state index is 0.511. The molecule has 0 amide bonds. The lowest BCUT2D eigenvalue weighted by atomic mass is 9.74. The maximum Gasteiger partial charge on any atom is 0.00267 e. The molecule has 0 heterocycles. The van der Waals surface area contributed by atoms with Gasteiger partial charge in [-0.05, 0) is 32.1 Å². The monoisotopic (exact) mass is 208 g/mol. The summed E-state index contributed by atoms with van der Waals surface area (Å²) in [5.74, 6) is 1.95. The second-order valence-electron chi connectivity index (χ2n) is 5.22. The van der Waals surface area contributed by atoms with E-state index in [1.54, 1.807) is 0 Å². The third-order valence-corrected chi connectivity index (χ3v) is 3.24. The first kappa shape index (κ1) is 14.5. The maximum absolute atomic E-state index is 4.13. The SMILES string of the molecule is C=C(C)C(C(=C)C)C(CCCC)C(C)C. The molecule has 0 saturated carbocycles. The molecule has 88 valence electrons. The summed E-state index contributed by atoms with van der Waals surface area (Å²) in [6.07, 6.45) is 3.90. The van der Waals surface area contributed by atoms with Gasteiger partial charge in [0.2, 0.25) is 0 Å². The van der Waals surface area contributed by atoms with E-state index in [2.05, 4.69) is 47.8 Å². The Hall–Kier alpha value is -0.520. The van der Waals surface area contributed by atoms with Gasteiger partial charge in [0.25, 0.3) is 0 Å². The summed E-state index contributed by atoms with van der Waals surface area (Å²) in [5.41, 5.74) is 2.55. The summed E-state index contributed by atoms with van der Waals surface area (Å²) >= 11 is 0. The first-order chi connectivity index (χ1) is 6.91. The highest BCUT2D eigenvalue weighted by Gasteiger charge is 2.24. The minimum Gasteiger partial charge on any atom is -0.0995 e. The van der Waals surface area contributed by atoms with Gasteiger partial charge >= 0.3 is 0 Å². The van der Waals surface area contributed by atoms with E-state index in [1.807, 2.05) is 0 Å². The zero-order valence-corrected chi connectivity index (χ0v) is 11.3. The molecule has 0 heteroatoms. The van der Waals surface area contributed by atoms with E-state index < -0.39 is 0 Å². The average molecular weight is 208 g/mol. The van der Waals surface area contributed by atoms with Crippen molar-refractivity contribution in [2.45, 2.75) is 53.9 Å². The number of allylic oxidation sites excluding steroid dienone is 2. The Labute approximate surface area is 96.5 Å². The molecule has 1 unspecified atom stereocenters. The molecule has 15 heavy (non-hydrogen) atoms. The molecule has 0 aliphatic carbocycles. The van der Waals surface area contributed by atoms with Crippen molar-refractivity contribution in [2.24, 2.45) is 17.8 Å². The Kier molecular flexibility index (Phi) is 6.63. The fraction of sp³-hybridized carbons (Fsp3) is 0.733. The number of hydrogen-bond acceptors (Lipinski definition) is 0. The minimum absolute atomic E-state index is 0.511.